The molecule has 0 aliphatic heterocycles. The van der Waals surface area contributed by atoms with Gasteiger partial charge in [0.25, 0.3) is 0 Å². The minimum atomic E-state index is -4.47. The van der Waals surface area contributed by atoms with E-state index in [1.54, 1.807) is 13.0 Å². The van der Waals surface area contributed by atoms with Crippen molar-refractivity contribution in [3.05, 3.63) is 223 Å². The second-order valence-corrected chi connectivity index (χ2v) is 16.8. The first-order chi connectivity index (χ1) is 32.8. The summed E-state index contributed by atoms with van der Waals surface area (Å²) in [7, 11) is 0. The van der Waals surface area contributed by atoms with Gasteiger partial charge in [-0.2, -0.15) is 13.2 Å². The van der Waals surface area contributed by atoms with E-state index < -0.39 is 11.7 Å². The summed E-state index contributed by atoms with van der Waals surface area (Å²) in [5.74, 6) is 1.57. The Morgan fingerprint density at radius 2 is 0.940 bits per heavy atom. The minimum Gasteiger partial charge on any atom is -0.309 e. The molecule has 0 aliphatic rings. The number of aryl methyl sites for hydroxylation is 1. The molecule has 3 aromatic heterocycles. The number of hydrogen-bond donors (Lipinski definition) is 0. The van der Waals surface area contributed by atoms with E-state index in [1.165, 1.54) is 12.1 Å². The van der Waals surface area contributed by atoms with Gasteiger partial charge in [0.1, 0.15) is 0 Å². The van der Waals surface area contributed by atoms with Gasteiger partial charge in [-0.3, -0.25) is 0 Å². The average molecular weight is 874 g/mol. The zero-order valence-electron chi connectivity index (χ0n) is 36.1. The van der Waals surface area contributed by atoms with E-state index in [4.69, 9.17) is 15.0 Å². The summed E-state index contributed by atoms with van der Waals surface area (Å²) < 4.78 is 46.8. The molecule has 0 unspecified atom stereocenters. The lowest BCUT2D eigenvalue weighted by Crippen LogP contribution is -2.05. The molecule has 0 aliphatic carbocycles. The maximum atomic E-state index is 14.1. The van der Waals surface area contributed by atoms with E-state index in [1.807, 2.05) is 97.1 Å². The van der Waals surface area contributed by atoms with E-state index in [9.17, 15) is 13.2 Å². The number of fused-ring (bicyclic) bond motifs is 6. The molecule has 0 atom stereocenters. The van der Waals surface area contributed by atoms with Gasteiger partial charge in [-0.1, -0.05) is 146 Å². The van der Waals surface area contributed by atoms with E-state index in [2.05, 4.69) is 106 Å². The lowest BCUT2D eigenvalue weighted by molar-refractivity contribution is -0.137. The number of aromatic nitrogens is 5. The Labute approximate surface area is 383 Å². The molecule has 0 spiro atoms. The summed E-state index contributed by atoms with van der Waals surface area (Å²) in [5.41, 5.74) is 11.5. The molecule has 0 N–H and O–H groups in total. The predicted octanol–water partition coefficient (Wildman–Crippen LogP) is 15.7. The molecule has 0 amide bonds. The molecule has 0 saturated heterocycles. The third kappa shape index (κ3) is 6.93. The molecule has 320 valence electrons. The summed E-state index contributed by atoms with van der Waals surface area (Å²) in [6.45, 7) is 1.70. The molecule has 0 saturated carbocycles. The molecule has 8 heteroatoms. The fraction of sp³-hybridized carbons (Fsp3) is 0.0339. The van der Waals surface area contributed by atoms with E-state index in [0.29, 0.717) is 34.2 Å². The Bertz CT molecular complexity index is 3800. The Morgan fingerprint density at radius 3 is 1.63 bits per heavy atom. The first-order valence-electron chi connectivity index (χ1n) is 22.1. The van der Waals surface area contributed by atoms with Crippen LogP contribution in [0.3, 0.4) is 0 Å². The van der Waals surface area contributed by atoms with Crippen molar-refractivity contribution in [2.75, 3.05) is 0 Å². The van der Waals surface area contributed by atoms with Gasteiger partial charge in [0, 0.05) is 43.9 Å². The average Bonchev–Trinajstić information content (AvgIpc) is 3.89. The van der Waals surface area contributed by atoms with Crippen LogP contribution in [0.25, 0.3) is 111 Å². The number of benzene rings is 9. The summed E-state index contributed by atoms with van der Waals surface area (Å²) in [6, 6.07) is 70.1. The van der Waals surface area contributed by atoms with Gasteiger partial charge in [0.05, 0.1) is 33.3 Å². The summed E-state index contributed by atoms with van der Waals surface area (Å²) in [4.78, 5) is 15.6. The Balaban J connectivity index is 1.14. The van der Waals surface area contributed by atoms with E-state index in [0.717, 1.165) is 82.8 Å². The first kappa shape index (κ1) is 39.9. The Kier molecular flexibility index (Phi) is 9.43. The maximum Gasteiger partial charge on any atom is 0.416 e. The molecule has 3 heterocycles. The van der Waals surface area contributed by atoms with Crippen molar-refractivity contribution in [3.63, 3.8) is 0 Å². The van der Waals surface area contributed by atoms with Crippen molar-refractivity contribution in [2.24, 2.45) is 0 Å². The Morgan fingerprint density at radius 1 is 0.373 bits per heavy atom. The predicted molar refractivity (Wildman–Crippen MR) is 265 cm³/mol. The van der Waals surface area contributed by atoms with Gasteiger partial charge >= 0.3 is 6.18 Å². The number of nitrogens with zero attached hydrogens (tertiary/aromatic N) is 5. The highest BCUT2D eigenvalue weighted by atomic mass is 19.4. The van der Waals surface area contributed by atoms with Crippen LogP contribution in [0, 0.1) is 6.92 Å². The lowest BCUT2D eigenvalue weighted by atomic mass is 9.96. The molecular formula is C59H38F3N5. The molecule has 12 aromatic rings. The van der Waals surface area contributed by atoms with Crippen LogP contribution in [-0.4, -0.2) is 24.1 Å². The topological polar surface area (TPSA) is 48.5 Å². The molecule has 0 bridgehead atoms. The second-order valence-electron chi connectivity index (χ2n) is 16.8. The van der Waals surface area contributed by atoms with Crippen LogP contribution in [0.4, 0.5) is 13.2 Å². The number of hydrogen-bond acceptors (Lipinski definition) is 3. The molecule has 0 radical (unpaired) electrons. The van der Waals surface area contributed by atoms with Crippen LogP contribution in [0.1, 0.15) is 11.1 Å². The number of rotatable bonds is 7. The van der Waals surface area contributed by atoms with Crippen molar-refractivity contribution < 1.29 is 13.2 Å². The van der Waals surface area contributed by atoms with Crippen molar-refractivity contribution in [3.8, 4) is 67.8 Å². The highest BCUT2D eigenvalue weighted by Gasteiger charge is 2.31. The zero-order chi connectivity index (χ0) is 45.2. The van der Waals surface area contributed by atoms with Crippen molar-refractivity contribution in [1.82, 2.24) is 24.1 Å². The van der Waals surface area contributed by atoms with Crippen LogP contribution >= 0.6 is 0 Å². The van der Waals surface area contributed by atoms with Gasteiger partial charge in [-0.05, 0) is 101 Å². The van der Waals surface area contributed by atoms with Crippen molar-refractivity contribution in [2.45, 2.75) is 13.1 Å². The summed E-state index contributed by atoms with van der Waals surface area (Å²) >= 11 is 0. The first-order valence-corrected chi connectivity index (χ1v) is 22.1. The number of halogens is 3. The second kappa shape index (κ2) is 15.8. The van der Waals surface area contributed by atoms with Crippen LogP contribution in [0.2, 0.25) is 0 Å². The minimum absolute atomic E-state index is 0.491. The number of alkyl halides is 3. The van der Waals surface area contributed by atoms with Gasteiger partial charge in [0.2, 0.25) is 0 Å². The van der Waals surface area contributed by atoms with Crippen LogP contribution in [-0.2, 0) is 6.18 Å². The van der Waals surface area contributed by atoms with Gasteiger partial charge in [-0.25, -0.2) is 15.0 Å². The monoisotopic (exact) mass is 873 g/mol. The standard InChI is InChI=1S/C59H38F3N5/c1-37-32-42(34-43(33-37)59(60,61)62)40-28-30-52-48(35-40)46-22-11-13-25-50(46)67(52)53-31-29-41(45-24-15-27-54-55(45)47-23-12-14-26-51(47)66(54)44-20-9-4-10-21-44)36-49(53)58-64-56(38-16-5-2-6-17-38)63-57(65-58)39-18-7-3-8-19-39/h2-36H,1H3. The fourth-order valence-electron chi connectivity index (χ4n) is 9.65. The normalized spacial score (nSPS) is 11.9. The van der Waals surface area contributed by atoms with Gasteiger partial charge < -0.3 is 9.13 Å². The molecule has 9 aromatic carbocycles. The SMILES string of the molecule is Cc1cc(-c2ccc3c(c2)c2ccccc2n3-c2ccc(-c3cccc4c3c3ccccc3n4-c3ccccc3)cc2-c2nc(-c3ccccc3)nc(-c3ccccc3)n2)cc(C(F)(F)F)c1. The molecule has 0 fully saturated rings. The maximum absolute atomic E-state index is 14.1. The smallest absolute Gasteiger partial charge is 0.309 e. The number of para-hydroxylation sites is 3. The van der Waals surface area contributed by atoms with Crippen molar-refractivity contribution in [1.29, 1.82) is 0 Å². The summed E-state index contributed by atoms with van der Waals surface area (Å²) in [6.07, 6.45) is -4.47. The van der Waals surface area contributed by atoms with E-state index >= 15 is 0 Å². The zero-order valence-corrected chi connectivity index (χ0v) is 36.1. The van der Waals surface area contributed by atoms with Crippen LogP contribution in [0.15, 0.2) is 212 Å². The fourth-order valence-corrected chi connectivity index (χ4v) is 9.65. The molecular weight excluding hydrogens is 836 g/mol. The molecule has 12 rings (SSSR count). The van der Waals surface area contributed by atoms with E-state index in [-0.39, 0.29) is 0 Å². The molecule has 5 nitrogen and oxygen atoms in total. The quantitative estimate of drug-likeness (QED) is 0.160. The van der Waals surface area contributed by atoms with Crippen molar-refractivity contribution >= 4 is 43.6 Å². The van der Waals surface area contributed by atoms with Crippen LogP contribution in [0.5, 0.6) is 0 Å². The highest BCUT2D eigenvalue weighted by Crippen LogP contribution is 2.43. The van der Waals surface area contributed by atoms with Crippen LogP contribution < -0.4 is 0 Å². The lowest BCUT2D eigenvalue weighted by Gasteiger charge is -2.17. The largest absolute Gasteiger partial charge is 0.416 e. The van der Waals surface area contributed by atoms with Gasteiger partial charge in [0.15, 0.2) is 17.5 Å². The summed E-state index contributed by atoms with van der Waals surface area (Å²) in [5, 5.41) is 4.12. The third-order valence-electron chi connectivity index (χ3n) is 12.6. The molecule has 67 heavy (non-hydrogen) atoms. The Hall–Kier alpha value is -8.62. The third-order valence-corrected chi connectivity index (χ3v) is 12.6. The highest BCUT2D eigenvalue weighted by molar-refractivity contribution is 6.16. The van der Waals surface area contributed by atoms with Gasteiger partial charge in [-0.15, -0.1) is 0 Å².